The van der Waals surface area contributed by atoms with Gasteiger partial charge in [0, 0.05) is 25.9 Å². The number of hydrogen-bond donors (Lipinski definition) is 2. The molecule has 2 aromatic heterocycles. The van der Waals surface area contributed by atoms with Crippen molar-refractivity contribution in [2.75, 3.05) is 14.1 Å². The zero-order valence-corrected chi connectivity index (χ0v) is 16.7. The number of amides is 1. The Hall–Kier alpha value is -3.68. The third kappa shape index (κ3) is 5.41. The van der Waals surface area contributed by atoms with E-state index in [2.05, 4.69) is 31.2 Å². The third-order valence-electron chi connectivity index (χ3n) is 4.19. The summed E-state index contributed by atoms with van der Waals surface area (Å²) in [5.41, 5.74) is 6.08. The Labute approximate surface area is 168 Å². The van der Waals surface area contributed by atoms with E-state index in [-0.39, 0.29) is 5.91 Å². The van der Waals surface area contributed by atoms with Crippen LogP contribution in [-0.2, 0) is 20.8 Å². The molecule has 0 bridgehead atoms. The van der Waals surface area contributed by atoms with Crippen LogP contribution in [0.4, 0.5) is 0 Å². The number of imidazole rings is 1. The molecule has 1 aromatic carbocycles. The topological polar surface area (TPSA) is 112 Å². The molecule has 0 aliphatic carbocycles. The van der Waals surface area contributed by atoms with Gasteiger partial charge in [-0.1, -0.05) is 35.9 Å². The monoisotopic (exact) mass is 397 g/mol. The van der Waals surface area contributed by atoms with Crippen LogP contribution in [0, 0.1) is 13.8 Å². The van der Waals surface area contributed by atoms with Gasteiger partial charge in [0.15, 0.2) is 0 Å². The lowest BCUT2D eigenvalue weighted by atomic mass is 10.1. The third-order valence-corrected chi connectivity index (χ3v) is 4.19. The van der Waals surface area contributed by atoms with Crippen LogP contribution in [0.5, 0.6) is 0 Å². The highest BCUT2D eigenvalue weighted by Gasteiger charge is 2.18. The molecule has 2 N–H and O–H groups in total. The summed E-state index contributed by atoms with van der Waals surface area (Å²) in [5.74, 6) is -3.58. The summed E-state index contributed by atoms with van der Waals surface area (Å²) >= 11 is 0. The normalized spacial score (nSPS) is 10.2. The first kappa shape index (κ1) is 21.6. The number of carboxylic acid groups (broad SMARTS) is 2. The molecule has 0 spiro atoms. The van der Waals surface area contributed by atoms with Gasteiger partial charge in [0.25, 0.3) is 0 Å². The van der Waals surface area contributed by atoms with Crippen molar-refractivity contribution < 1.29 is 24.6 Å². The lowest BCUT2D eigenvalue weighted by Gasteiger charge is -2.11. The van der Waals surface area contributed by atoms with Gasteiger partial charge in [0.2, 0.25) is 5.91 Å². The average Bonchev–Trinajstić information content (AvgIpc) is 3.00. The minimum atomic E-state index is -1.82. The quantitative estimate of drug-likeness (QED) is 0.657. The van der Waals surface area contributed by atoms with E-state index in [0.717, 1.165) is 28.2 Å². The van der Waals surface area contributed by atoms with Gasteiger partial charge >= 0.3 is 11.9 Å². The lowest BCUT2D eigenvalue weighted by molar-refractivity contribution is -0.159. The molecule has 152 valence electrons. The Kier molecular flexibility index (Phi) is 6.71. The van der Waals surface area contributed by atoms with Crippen molar-refractivity contribution >= 4 is 23.5 Å². The van der Waals surface area contributed by atoms with Crippen molar-refractivity contribution in [1.82, 2.24) is 14.3 Å². The van der Waals surface area contributed by atoms with Crippen LogP contribution < -0.4 is 0 Å². The van der Waals surface area contributed by atoms with Crippen molar-refractivity contribution in [2.24, 2.45) is 0 Å². The number of rotatable bonds is 3. The van der Waals surface area contributed by atoms with E-state index < -0.39 is 11.9 Å². The van der Waals surface area contributed by atoms with Gasteiger partial charge in [0.05, 0.1) is 17.8 Å². The van der Waals surface area contributed by atoms with Crippen molar-refractivity contribution in [3.8, 4) is 11.3 Å². The molecule has 0 atom stereocenters. The molecule has 0 fully saturated rings. The van der Waals surface area contributed by atoms with Crippen LogP contribution in [0.3, 0.4) is 0 Å². The second-order valence-corrected chi connectivity index (χ2v) is 6.78. The summed E-state index contributed by atoms with van der Waals surface area (Å²) in [7, 11) is 3.56. The number of carbonyl (C=O) groups is 3. The fourth-order valence-corrected chi connectivity index (χ4v) is 2.61. The maximum atomic E-state index is 12.3. The summed E-state index contributed by atoms with van der Waals surface area (Å²) in [4.78, 5) is 36.8. The second kappa shape index (κ2) is 9.01. The van der Waals surface area contributed by atoms with Gasteiger partial charge < -0.3 is 19.5 Å². The highest BCUT2D eigenvalue weighted by molar-refractivity contribution is 6.27. The second-order valence-electron chi connectivity index (χ2n) is 6.78. The number of nitrogens with zero attached hydrogens (tertiary/aromatic N) is 3. The number of aryl methyl sites for hydroxylation is 2. The fraction of sp³-hybridized carbons (Fsp3) is 0.238. The highest BCUT2D eigenvalue weighted by atomic mass is 16.4. The van der Waals surface area contributed by atoms with Gasteiger partial charge in [-0.15, -0.1) is 0 Å². The number of benzene rings is 1. The van der Waals surface area contributed by atoms with Gasteiger partial charge in [-0.05, 0) is 25.5 Å². The first-order chi connectivity index (χ1) is 13.6. The molecule has 8 nitrogen and oxygen atoms in total. The predicted molar refractivity (Wildman–Crippen MR) is 108 cm³/mol. The van der Waals surface area contributed by atoms with Crippen LogP contribution in [0.2, 0.25) is 0 Å². The first-order valence-corrected chi connectivity index (χ1v) is 8.81. The Morgan fingerprint density at radius 2 is 1.48 bits per heavy atom. The molecule has 29 heavy (non-hydrogen) atoms. The molecule has 3 rings (SSSR count). The molecule has 3 aromatic rings. The van der Waals surface area contributed by atoms with E-state index in [9.17, 15) is 4.79 Å². The van der Waals surface area contributed by atoms with E-state index in [4.69, 9.17) is 24.8 Å². The van der Waals surface area contributed by atoms with Crippen LogP contribution in [0.1, 0.15) is 16.8 Å². The Morgan fingerprint density at radius 1 is 0.931 bits per heavy atom. The number of likely N-dealkylation sites (N-methyl/N-ethyl adjacent to an activating group) is 1. The lowest BCUT2D eigenvalue weighted by Crippen LogP contribution is -2.24. The first-order valence-electron chi connectivity index (χ1n) is 8.81. The van der Waals surface area contributed by atoms with Crippen molar-refractivity contribution in [3.63, 3.8) is 0 Å². The van der Waals surface area contributed by atoms with Crippen LogP contribution in [0.15, 0.2) is 42.6 Å². The van der Waals surface area contributed by atoms with Crippen molar-refractivity contribution in [3.05, 3.63) is 59.4 Å². The van der Waals surface area contributed by atoms with Crippen LogP contribution >= 0.6 is 0 Å². The van der Waals surface area contributed by atoms with Gasteiger partial charge in [-0.25, -0.2) is 14.6 Å². The molecule has 0 aliphatic rings. The standard InChI is InChI=1S/C19H21N3O.C2H2O4/c1-13-5-8-15(9-6-13)19-16(11-18(23)21(3)4)22-12-14(2)7-10-17(22)20-19;3-1(4)2(5)6/h5-10,12H,11H2,1-4H3;(H,3,4)(H,5,6). The molecule has 0 unspecified atom stereocenters. The molecule has 0 saturated heterocycles. The maximum Gasteiger partial charge on any atom is 0.414 e. The largest absolute Gasteiger partial charge is 0.473 e. The number of pyridine rings is 1. The number of aliphatic carboxylic acids is 2. The molecule has 0 saturated carbocycles. The predicted octanol–water partition coefficient (Wildman–Crippen LogP) is 2.40. The van der Waals surface area contributed by atoms with E-state index in [1.54, 1.807) is 19.0 Å². The molecular formula is C21H23N3O5. The zero-order valence-electron chi connectivity index (χ0n) is 16.7. The van der Waals surface area contributed by atoms with E-state index in [1.165, 1.54) is 5.56 Å². The maximum absolute atomic E-state index is 12.3. The molecule has 0 aliphatic heterocycles. The minimum Gasteiger partial charge on any atom is -0.473 e. The van der Waals surface area contributed by atoms with E-state index in [1.807, 2.05) is 29.7 Å². The van der Waals surface area contributed by atoms with Crippen molar-refractivity contribution in [1.29, 1.82) is 0 Å². The molecule has 0 radical (unpaired) electrons. The summed E-state index contributed by atoms with van der Waals surface area (Å²) in [5, 5.41) is 14.8. The Balaban J connectivity index is 0.000000438. The van der Waals surface area contributed by atoms with Crippen molar-refractivity contribution in [2.45, 2.75) is 20.3 Å². The molecule has 2 heterocycles. The smallest absolute Gasteiger partial charge is 0.414 e. The Bertz CT molecular complexity index is 1040. The number of carboxylic acids is 2. The number of hydrogen-bond acceptors (Lipinski definition) is 4. The van der Waals surface area contributed by atoms with Crippen LogP contribution in [-0.4, -0.2) is 56.4 Å². The summed E-state index contributed by atoms with van der Waals surface area (Å²) in [6.45, 7) is 4.11. The number of aromatic nitrogens is 2. The van der Waals surface area contributed by atoms with E-state index >= 15 is 0 Å². The highest BCUT2D eigenvalue weighted by Crippen LogP contribution is 2.26. The zero-order chi connectivity index (χ0) is 21.7. The molecule has 8 heteroatoms. The summed E-state index contributed by atoms with van der Waals surface area (Å²) in [6, 6.07) is 12.3. The minimum absolute atomic E-state index is 0.0710. The summed E-state index contributed by atoms with van der Waals surface area (Å²) < 4.78 is 2.03. The number of fused-ring (bicyclic) bond motifs is 1. The summed E-state index contributed by atoms with van der Waals surface area (Å²) in [6.07, 6.45) is 2.37. The average molecular weight is 397 g/mol. The fourth-order valence-electron chi connectivity index (χ4n) is 2.61. The Morgan fingerprint density at radius 3 is 2.00 bits per heavy atom. The van der Waals surface area contributed by atoms with Gasteiger partial charge in [-0.2, -0.15) is 0 Å². The molecule has 1 amide bonds. The number of carbonyl (C=O) groups excluding carboxylic acids is 1. The van der Waals surface area contributed by atoms with Crippen LogP contribution in [0.25, 0.3) is 16.9 Å². The SMILES string of the molecule is Cc1ccc(-c2nc3ccc(C)cn3c2CC(=O)N(C)C)cc1.O=C(O)C(=O)O. The van der Waals surface area contributed by atoms with Gasteiger partial charge in [-0.3, -0.25) is 4.79 Å². The van der Waals surface area contributed by atoms with Gasteiger partial charge in [0.1, 0.15) is 5.65 Å². The van der Waals surface area contributed by atoms with E-state index in [0.29, 0.717) is 6.42 Å². The molecular weight excluding hydrogens is 374 g/mol.